The Hall–Kier alpha value is -1.11. The van der Waals surface area contributed by atoms with Gasteiger partial charge in [0.2, 0.25) is 0 Å². The molecular formula is C13H21N3O2S. The summed E-state index contributed by atoms with van der Waals surface area (Å²) < 4.78 is 5.10. The SMILES string of the molecule is COc1csc(C(=O)N(C)CCN2CCNCC2)c1. The summed E-state index contributed by atoms with van der Waals surface area (Å²) in [5.74, 6) is 0.826. The van der Waals surface area contributed by atoms with Crippen LogP contribution < -0.4 is 10.1 Å². The van der Waals surface area contributed by atoms with Gasteiger partial charge in [0.25, 0.3) is 5.91 Å². The first-order chi connectivity index (χ1) is 9.20. The van der Waals surface area contributed by atoms with Crippen LogP contribution in [-0.4, -0.2) is 69.1 Å². The van der Waals surface area contributed by atoms with Gasteiger partial charge in [-0.1, -0.05) is 0 Å². The standard InChI is InChI=1S/C13H21N3O2S/c1-15(7-8-16-5-3-14-4-6-16)13(17)12-9-11(18-2)10-19-12/h9-10,14H,3-8H2,1-2H3. The summed E-state index contributed by atoms with van der Waals surface area (Å²) in [6.07, 6.45) is 0. The van der Waals surface area contributed by atoms with E-state index in [0.717, 1.165) is 49.9 Å². The zero-order valence-electron chi connectivity index (χ0n) is 11.5. The molecule has 0 bridgehead atoms. The van der Waals surface area contributed by atoms with Crippen molar-refractivity contribution in [1.29, 1.82) is 0 Å². The lowest BCUT2D eigenvalue weighted by Crippen LogP contribution is -2.46. The van der Waals surface area contributed by atoms with Gasteiger partial charge in [-0.15, -0.1) is 11.3 Å². The molecule has 1 N–H and O–H groups in total. The molecule has 1 aliphatic heterocycles. The van der Waals surface area contributed by atoms with E-state index in [2.05, 4.69) is 10.2 Å². The fourth-order valence-electron chi connectivity index (χ4n) is 2.05. The second-order valence-corrected chi connectivity index (χ2v) is 5.58. The van der Waals surface area contributed by atoms with Gasteiger partial charge in [0.15, 0.2) is 0 Å². The molecule has 6 heteroatoms. The van der Waals surface area contributed by atoms with Crippen LogP contribution in [0.5, 0.6) is 5.75 Å². The average molecular weight is 283 g/mol. The largest absolute Gasteiger partial charge is 0.496 e. The van der Waals surface area contributed by atoms with Crippen molar-refractivity contribution in [2.24, 2.45) is 0 Å². The quantitative estimate of drug-likeness (QED) is 0.865. The number of methoxy groups -OCH3 is 1. The minimum atomic E-state index is 0.0726. The molecular weight excluding hydrogens is 262 g/mol. The fourth-order valence-corrected chi connectivity index (χ4v) is 2.90. The molecule has 19 heavy (non-hydrogen) atoms. The van der Waals surface area contributed by atoms with Crippen LogP contribution in [-0.2, 0) is 0 Å². The minimum absolute atomic E-state index is 0.0726. The zero-order chi connectivity index (χ0) is 13.7. The Kier molecular flexibility index (Phi) is 5.18. The monoisotopic (exact) mass is 283 g/mol. The highest BCUT2D eigenvalue weighted by Gasteiger charge is 2.16. The van der Waals surface area contributed by atoms with Gasteiger partial charge in [0.05, 0.1) is 12.0 Å². The van der Waals surface area contributed by atoms with Crippen molar-refractivity contribution in [3.63, 3.8) is 0 Å². The van der Waals surface area contributed by atoms with E-state index in [0.29, 0.717) is 0 Å². The van der Waals surface area contributed by atoms with Crippen LogP contribution in [0.15, 0.2) is 11.4 Å². The molecule has 1 aromatic heterocycles. The van der Waals surface area contributed by atoms with E-state index in [1.54, 1.807) is 18.1 Å². The number of ether oxygens (including phenoxy) is 1. The van der Waals surface area contributed by atoms with Crippen LogP contribution >= 0.6 is 11.3 Å². The molecule has 0 atom stereocenters. The van der Waals surface area contributed by atoms with Crippen LogP contribution in [0.1, 0.15) is 9.67 Å². The van der Waals surface area contributed by atoms with E-state index >= 15 is 0 Å². The van der Waals surface area contributed by atoms with Gasteiger partial charge in [-0.25, -0.2) is 0 Å². The number of thiophene rings is 1. The van der Waals surface area contributed by atoms with Gasteiger partial charge in [-0.2, -0.15) is 0 Å². The Morgan fingerprint density at radius 3 is 2.89 bits per heavy atom. The van der Waals surface area contributed by atoms with Gasteiger partial charge in [-0.3, -0.25) is 9.69 Å². The molecule has 1 aromatic rings. The molecule has 1 fully saturated rings. The maximum Gasteiger partial charge on any atom is 0.263 e. The van der Waals surface area contributed by atoms with Crippen LogP contribution in [0.2, 0.25) is 0 Å². The van der Waals surface area contributed by atoms with Crippen molar-refractivity contribution < 1.29 is 9.53 Å². The molecule has 0 radical (unpaired) electrons. The van der Waals surface area contributed by atoms with Gasteiger partial charge < -0.3 is 15.0 Å². The van der Waals surface area contributed by atoms with E-state index in [-0.39, 0.29) is 5.91 Å². The van der Waals surface area contributed by atoms with Crippen LogP contribution in [0.4, 0.5) is 0 Å². The smallest absolute Gasteiger partial charge is 0.263 e. The number of amides is 1. The molecule has 0 saturated carbocycles. The Bertz CT molecular complexity index is 416. The maximum atomic E-state index is 12.2. The summed E-state index contributed by atoms with van der Waals surface area (Å²) in [6, 6.07) is 1.80. The number of nitrogens with zero attached hydrogens (tertiary/aromatic N) is 2. The predicted molar refractivity (Wildman–Crippen MR) is 77.1 cm³/mol. The van der Waals surface area contributed by atoms with Crippen molar-refractivity contribution in [3.05, 3.63) is 16.3 Å². The summed E-state index contributed by atoms with van der Waals surface area (Å²) in [4.78, 5) is 17.1. The van der Waals surface area contributed by atoms with Crippen molar-refractivity contribution >= 4 is 17.2 Å². The molecule has 2 rings (SSSR count). The molecule has 5 nitrogen and oxygen atoms in total. The number of nitrogens with one attached hydrogen (secondary N) is 1. The third-order valence-electron chi connectivity index (χ3n) is 3.33. The third-order valence-corrected chi connectivity index (χ3v) is 4.23. The van der Waals surface area contributed by atoms with Crippen molar-refractivity contribution in [2.75, 3.05) is 53.4 Å². The first-order valence-corrected chi connectivity index (χ1v) is 7.39. The highest BCUT2D eigenvalue weighted by atomic mass is 32.1. The third kappa shape index (κ3) is 3.92. The van der Waals surface area contributed by atoms with Gasteiger partial charge in [0.1, 0.15) is 5.75 Å². The van der Waals surface area contributed by atoms with E-state index in [4.69, 9.17) is 4.74 Å². The summed E-state index contributed by atoms with van der Waals surface area (Å²) in [5, 5.41) is 5.18. The number of hydrogen-bond donors (Lipinski definition) is 1. The maximum absolute atomic E-state index is 12.2. The zero-order valence-corrected chi connectivity index (χ0v) is 12.3. The van der Waals surface area contributed by atoms with Crippen LogP contribution in [0.25, 0.3) is 0 Å². The van der Waals surface area contributed by atoms with Crippen molar-refractivity contribution in [1.82, 2.24) is 15.1 Å². The number of hydrogen-bond acceptors (Lipinski definition) is 5. The second kappa shape index (κ2) is 6.88. The Labute approximate surface area is 118 Å². The van der Waals surface area contributed by atoms with E-state index in [1.807, 2.05) is 12.4 Å². The molecule has 0 spiro atoms. The van der Waals surface area contributed by atoms with Gasteiger partial charge in [-0.05, 0) is 0 Å². The highest BCUT2D eigenvalue weighted by Crippen LogP contribution is 2.22. The van der Waals surface area contributed by atoms with Crippen molar-refractivity contribution in [3.8, 4) is 5.75 Å². The minimum Gasteiger partial charge on any atom is -0.496 e. The topological polar surface area (TPSA) is 44.8 Å². The Morgan fingerprint density at radius 2 is 2.26 bits per heavy atom. The normalized spacial score (nSPS) is 16.3. The summed E-state index contributed by atoms with van der Waals surface area (Å²) in [5.41, 5.74) is 0. The molecule has 106 valence electrons. The summed E-state index contributed by atoms with van der Waals surface area (Å²) >= 11 is 1.43. The fraction of sp³-hybridized carbons (Fsp3) is 0.615. The van der Waals surface area contributed by atoms with E-state index in [9.17, 15) is 4.79 Å². The van der Waals surface area contributed by atoms with Crippen LogP contribution in [0.3, 0.4) is 0 Å². The number of carbonyl (C=O) groups is 1. The lowest BCUT2D eigenvalue weighted by atomic mass is 10.3. The van der Waals surface area contributed by atoms with Gasteiger partial charge >= 0.3 is 0 Å². The lowest BCUT2D eigenvalue weighted by Gasteiger charge is -2.29. The number of likely N-dealkylation sites (N-methyl/N-ethyl adjacent to an activating group) is 1. The number of piperazine rings is 1. The van der Waals surface area contributed by atoms with Crippen LogP contribution in [0, 0.1) is 0 Å². The molecule has 0 unspecified atom stereocenters. The molecule has 2 heterocycles. The molecule has 0 aromatic carbocycles. The molecule has 1 amide bonds. The predicted octanol–water partition coefficient (Wildman–Crippen LogP) is 0.734. The number of rotatable bonds is 5. The Balaban J connectivity index is 1.81. The van der Waals surface area contributed by atoms with E-state index < -0.39 is 0 Å². The lowest BCUT2D eigenvalue weighted by molar-refractivity contribution is 0.0779. The molecule has 0 aliphatic carbocycles. The van der Waals surface area contributed by atoms with Gasteiger partial charge in [0, 0.05) is 57.8 Å². The second-order valence-electron chi connectivity index (χ2n) is 4.67. The first kappa shape index (κ1) is 14.3. The molecule has 1 saturated heterocycles. The highest BCUT2D eigenvalue weighted by molar-refractivity contribution is 7.12. The average Bonchev–Trinajstić information content (AvgIpc) is 2.94. The number of carbonyl (C=O) groups excluding carboxylic acids is 1. The summed E-state index contributed by atoms with van der Waals surface area (Å²) in [7, 11) is 3.47. The Morgan fingerprint density at radius 1 is 1.53 bits per heavy atom. The summed E-state index contributed by atoms with van der Waals surface area (Å²) in [6.45, 7) is 5.91. The van der Waals surface area contributed by atoms with Crippen molar-refractivity contribution in [2.45, 2.75) is 0 Å². The molecule has 1 aliphatic rings. The van der Waals surface area contributed by atoms with E-state index in [1.165, 1.54) is 11.3 Å². The first-order valence-electron chi connectivity index (χ1n) is 6.52.